The molecule has 1 saturated carbocycles. The predicted octanol–water partition coefficient (Wildman–Crippen LogP) is 3.22. The molecular formula is C19H26O3. The molecule has 22 heavy (non-hydrogen) atoms. The summed E-state index contributed by atoms with van der Waals surface area (Å²) < 4.78 is 0. The highest BCUT2D eigenvalue weighted by Crippen LogP contribution is 2.52. The molecule has 0 saturated heterocycles. The fourth-order valence-corrected chi connectivity index (χ4v) is 4.70. The second-order valence-corrected chi connectivity index (χ2v) is 7.77. The number of allylic oxidation sites excluding steroid dienone is 3. The van der Waals surface area contributed by atoms with Crippen molar-refractivity contribution in [3.05, 3.63) is 22.8 Å². The van der Waals surface area contributed by atoms with E-state index in [9.17, 15) is 14.7 Å². The highest BCUT2D eigenvalue weighted by molar-refractivity contribution is 6.01. The number of aliphatic hydroxyl groups excluding tert-OH is 1. The lowest BCUT2D eigenvalue weighted by atomic mass is 9.70. The molecule has 0 amide bonds. The van der Waals surface area contributed by atoms with Gasteiger partial charge in [0.2, 0.25) is 0 Å². The minimum absolute atomic E-state index is 0.00359. The third-order valence-corrected chi connectivity index (χ3v) is 6.05. The fraction of sp³-hybridized carbons (Fsp3) is 0.684. The maximum Gasteiger partial charge on any atom is 0.168 e. The largest absolute Gasteiger partial charge is 0.381 e. The summed E-state index contributed by atoms with van der Waals surface area (Å²) >= 11 is 0. The third kappa shape index (κ3) is 2.13. The van der Waals surface area contributed by atoms with Crippen LogP contribution in [0.1, 0.15) is 53.4 Å². The molecule has 0 aliphatic heterocycles. The second kappa shape index (κ2) is 5.16. The van der Waals surface area contributed by atoms with Crippen LogP contribution in [-0.4, -0.2) is 22.8 Å². The van der Waals surface area contributed by atoms with Gasteiger partial charge in [-0.1, -0.05) is 39.3 Å². The number of carbonyl (C=O) groups excluding carboxylic acids is 2. The first kappa shape index (κ1) is 15.7. The van der Waals surface area contributed by atoms with Gasteiger partial charge in [-0.15, -0.1) is 0 Å². The van der Waals surface area contributed by atoms with Crippen molar-refractivity contribution in [2.45, 2.75) is 59.5 Å². The van der Waals surface area contributed by atoms with Crippen molar-refractivity contribution in [3.63, 3.8) is 0 Å². The second-order valence-electron chi connectivity index (χ2n) is 7.77. The molecule has 2 unspecified atom stereocenters. The maximum atomic E-state index is 12.8. The number of hydrogen-bond donors (Lipinski definition) is 1. The monoisotopic (exact) mass is 302 g/mol. The van der Waals surface area contributed by atoms with Gasteiger partial charge in [0.05, 0.1) is 0 Å². The number of Topliss-reactive ketones (excluding diaryl/α,β-unsaturated/α-hetero) is 2. The van der Waals surface area contributed by atoms with Gasteiger partial charge in [0.25, 0.3) is 0 Å². The fourth-order valence-electron chi connectivity index (χ4n) is 4.70. The topological polar surface area (TPSA) is 54.4 Å². The van der Waals surface area contributed by atoms with Crippen molar-refractivity contribution in [2.24, 2.45) is 23.2 Å². The molecule has 1 N–H and O–H groups in total. The number of rotatable bonds is 1. The first-order valence-electron chi connectivity index (χ1n) is 8.47. The minimum atomic E-state index is -1.01. The van der Waals surface area contributed by atoms with Crippen molar-refractivity contribution in [3.8, 4) is 0 Å². The van der Waals surface area contributed by atoms with E-state index in [0.29, 0.717) is 12.3 Å². The average molecular weight is 302 g/mol. The summed E-state index contributed by atoms with van der Waals surface area (Å²) in [4.78, 5) is 25.1. The lowest BCUT2D eigenvalue weighted by molar-refractivity contribution is -0.130. The van der Waals surface area contributed by atoms with E-state index < -0.39 is 6.10 Å². The number of aliphatic hydroxyl groups is 1. The number of ketones is 2. The summed E-state index contributed by atoms with van der Waals surface area (Å²) in [6.07, 6.45) is 4.17. The van der Waals surface area contributed by atoms with Gasteiger partial charge in [0.15, 0.2) is 11.6 Å². The van der Waals surface area contributed by atoms with Crippen molar-refractivity contribution in [1.29, 1.82) is 0 Å². The lowest BCUT2D eigenvalue weighted by Gasteiger charge is -2.35. The summed E-state index contributed by atoms with van der Waals surface area (Å²) in [6.45, 7) is 8.18. The Labute approximate surface area is 132 Å². The molecule has 0 aromatic carbocycles. The van der Waals surface area contributed by atoms with Gasteiger partial charge in [0.1, 0.15) is 6.10 Å². The van der Waals surface area contributed by atoms with Gasteiger partial charge in [-0.3, -0.25) is 9.59 Å². The third-order valence-electron chi connectivity index (χ3n) is 6.05. The molecule has 3 rings (SSSR count). The van der Waals surface area contributed by atoms with Gasteiger partial charge in [-0.05, 0) is 42.2 Å². The van der Waals surface area contributed by atoms with Gasteiger partial charge in [-0.25, -0.2) is 0 Å². The van der Waals surface area contributed by atoms with E-state index in [4.69, 9.17) is 0 Å². The van der Waals surface area contributed by atoms with Crippen LogP contribution >= 0.6 is 0 Å². The number of hydrogen-bond acceptors (Lipinski definition) is 3. The van der Waals surface area contributed by atoms with Crippen LogP contribution in [0.15, 0.2) is 22.8 Å². The van der Waals surface area contributed by atoms with Crippen molar-refractivity contribution in [1.82, 2.24) is 0 Å². The molecule has 120 valence electrons. The van der Waals surface area contributed by atoms with Crippen LogP contribution in [0.25, 0.3) is 0 Å². The Hall–Kier alpha value is -1.22. The van der Waals surface area contributed by atoms with E-state index in [2.05, 4.69) is 26.8 Å². The van der Waals surface area contributed by atoms with Crippen LogP contribution in [0, 0.1) is 23.2 Å². The predicted molar refractivity (Wildman–Crippen MR) is 85.2 cm³/mol. The van der Waals surface area contributed by atoms with Crippen LogP contribution in [0.3, 0.4) is 0 Å². The van der Waals surface area contributed by atoms with Crippen molar-refractivity contribution >= 4 is 11.6 Å². The normalized spacial score (nSPS) is 41.2. The van der Waals surface area contributed by atoms with Crippen LogP contribution in [0.5, 0.6) is 0 Å². The van der Waals surface area contributed by atoms with Gasteiger partial charge >= 0.3 is 0 Å². The molecule has 0 heterocycles. The Morgan fingerprint density at radius 3 is 2.59 bits per heavy atom. The molecule has 3 aliphatic rings. The molecule has 0 radical (unpaired) electrons. The highest BCUT2D eigenvalue weighted by Gasteiger charge is 2.48. The Morgan fingerprint density at radius 1 is 1.27 bits per heavy atom. The SMILES string of the molecule is CC(C)C1=C2[C@@H](O)C(=O)C(C)[C@@H]3CCC(=O)/C3=C/C2(C)CC1. The van der Waals surface area contributed by atoms with Crippen LogP contribution < -0.4 is 0 Å². The molecular weight excluding hydrogens is 276 g/mol. The molecule has 0 aromatic heterocycles. The average Bonchev–Trinajstić information content (AvgIpc) is 2.98. The molecule has 0 spiro atoms. The molecule has 3 nitrogen and oxygen atoms in total. The summed E-state index contributed by atoms with van der Waals surface area (Å²) in [7, 11) is 0. The zero-order valence-corrected chi connectivity index (χ0v) is 14.0. The van der Waals surface area contributed by atoms with E-state index in [0.717, 1.165) is 30.4 Å². The lowest BCUT2D eigenvalue weighted by Crippen LogP contribution is -2.39. The van der Waals surface area contributed by atoms with E-state index in [1.54, 1.807) is 0 Å². The Morgan fingerprint density at radius 2 is 1.95 bits per heavy atom. The van der Waals surface area contributed by atoms with Gasteiger partial charge < -0.3 is 5.11 Å². The quantitative estimate of drug-likeness (QED) is 0.757. The number of fused-ring (bicyclic) bond motifs is 2. The first-order chi connectivity index (χ1) is 10.3. The molecule has 0 bridgehead atoms. The van der Waals surface area contributed by atoms with Gasteiger partial charge in [-0.2, -0.15) is 0 Å². The van der Waals surface area contributed by atoms with Gasteiger partial charge in [0, 0.05) is 17.8 Å². The molecule has 3 aliphatic carbocycles. The summed E-state index contributed by atoms with van der Waals surface area (Å²) in [5.74, 6) is 0.128. The van der Waals surface area contributed by atoms with Crippen LogP contribution in [-0.2, 0) is 9.59 Å². The number of carbonyl (C=O) groups is 2. The van der Waals surface area contributed by atoms with Crippen LogP contribution in [0.4, 0.5) is 0 Å². The molecule has 3 heteroatoms. The zero-order chi connectivity index (χ0) is 16.2. The van der Waals surface area contributed by atoms with E-state index in [1.165, 1.54) is 5.57 Å². The van der Waals surface area contributed by atoms with E-state index in [1.807, 2.05) is 6.92 Å². The van der Waals surface area contributed by atoms with Crippen molar-refractivity contribution < 1.29 is 14.7 Å². The maximum absolute atomic E-state index is 12.8. The highest BCUT2D eigenvalue weighted by atomic mass is 16.3. The smallest absolute Gasteiger partial charge is 0.168 e. The van der Waals surface area contributed by atoms with E-state index >= 15 is 0 Å². The molecule has 0 aromatic rings. The Bertz CT molecular complexity index is 596. The molecule has 1 fully saturated rings. The summed E-state index contributed by atoms with van der Waals surface area (Å²) in [6, 6.07) is 0. The summed E-state index contributed by atoms with van der Waals surface area (Å²) in [5, 5.41) is 10.8. The Balaban J connectivity index is 2.21. The van der Waals surface area contributed by atoms with E-state index in [-0.39, 0.29) is 28.8 Å². The van der Waals surface area contributed by atoms with Crippen LogP contribution in [0.2, 0.25) is 0 Å². The minimum Gasteiger partial charge on any atom is -0.381 e. The Kier molecular flexibility index (Phi) is 3.67. The first-order valence-corrected chi connectivity index (χ1v) is 8.47. The summed E-state index contributed by atoms with van der Waals surface area (Å²) in [5.41, 5.74) is 2.58. The molecule has 4 atom stereocenters. The standard InChI is InChI=1S/C19H26O3/c1-10(2)12-7-8-19(4)9-14-13(5-6-15(14)20)11(3)17(21)18(22)16(12)19/h9-11,13,18,22H,5-8H2,1-4H3/b14-9+/t11?,13-,18+,19?/m0/s1. The van der Waals surface area contributed by atoms with Crippen molar-refractivity contribution in [2.75, 3.05) is 0 Å². The zero-order valence-electron chi connectivity index (χ0n) is 14.0.